The first kappa shape index (κ1) is 42.9. The van der Waals surface area contributed by atoms with Gasteiger partial charge in [-0.1, -0.05) is 115 Å². The van der Waals surface area contributed by atoms with E-state index in [1.54, 1.807) is 16.9 Å². The minimum Gasteiger partial charge on any atom is -0.305 e. The second-order valence-electron chi connectivity index (χ2n) is 15.2. The van der Waals surface area contributed by atoms with E-state index < -0.39 is 52.0 Å². The summed E-state index contributed by atoms with van der Waals surface area (Å²) in [4.78, 5) is 51.6. The Morgan fingerprint density at radius 3 is 2.03 bits per heavy atom. The number of hydrogen-bond acceptors (Lipinski definition) is 8. The molecule has 16 heteroatoms. The predicted molar refractivity (Wildman–Crippen MR) is 219 cm³/mol. The lowest BCUT2D eigenvalue weighted by molar-refractivity contribution is -0.143. The van der Waals surface area contributed by atoms with Crippen molar-refractivity contribution in [3.05, 3.63) is 167 Å². The number of carbonyl (C=O) groups excluding carboxylic acids is 3. The molecule has 0 bridgehead atoms. The van der Waals surface area contributed by atoms with E-state index in [2.05, 4.69) is 20.8 Å². The van der Waals surface area contributed by atoms with Gasteiger partial charge >= 0.3 is 12.2 Å². The minimum absolute atomic E-state index is 0.0477. The fraction of sp³-hybridized carbons (Fsp3) is 0.239. The normalized spacial score (nSPS) is 14.0. The van der Waals surface area contributed by atoms with Gasteiger partial charge in [-0.15, -0.1) is 5.10 Å². The molecule has 6 aromatic rings. The molecule has 2 aromatic heterocycles. The van der Waals surface area contributed by atoms with E-state index in [1.807, 2.05) is 91.0 Å². The average Bonchev–Trinajstić information content (AvgIpc) is 3.81. The smallest absolute Gasteiger partial charge is 0.305 e. The first-order chi connectivity index (χ1) is 29.7. The molecule has 1 N–H and O–H groups in total. The molecule has 7 rings (SSSR count). The van der Waals surface area contributed by atoms with Gasteiger partial charge in [0.15, 0.2) is 11.3 Å². The Morgan fingerprint density at radius 1 is 0.855 bits per heavy atom. The summed E-state index contributed by atoms with van der Waals surface area (Å²) in [5.41, 5.74) is 0.697. The standard InChI is InChI=1S/C46H40F4N8O4/c1-44(2)42(60)58(36-26-37(46(48,49)50)39(27-51)52-28-36)43(61)57(44)29-32-23-22-31(25-38(32)47)40-30-56(55-53-40)24-14-6-13-21-41(59)54-62-45(33-15-7-3-8-16-33,34-17-9-4-10-18-34)35-19-11-5-12-20-35/h3-5,7-12,15-20,22-23,25-26,28,30H,6,13-14,21,24,29H2,1-2H3,(H,54,59). The number of halogens is 4. The second kappa shape index (κ2) is 17.8. The molecule has 1 aliphatic rings. The van der Waals surface area contributed by atoms with Crippen molar-refractivity contribution in [3.63, 3.8) is 0 Å². The third-order valence-corrected chi connectivity index (χ3v) is 10.7. The number of nitrogens with zero attached hydrogens (tertiary/aromatic N) is 7. The van der Waals surface area contributed by atoms with Gasteiger partial charge < -0.3 is 4.90 Å². The summed E-state index contributed by atoms with van der Waals surface area (Å²) >= 11 is 0. The molecule has 0 atom stereocenters. The van der Waals surface area contributed by atoms with Crippen LogP contribution in [0.15, 0.2) is 128 Å². The molecule has 3 heterocycles. The number of imide groups is 1. The topological polar surface area (TPSA) is 146 Å². The zero-order valence-electron chi connectivity index (χ0n) is 33.6. The molecule has 0 unspecified atom stereocenters. The Balaban J connectivity index is 0.937. The molecule has 4 amide bonds. The van der Waals surface area contributed by atoms with Gasteiger partial charge in [0.2, 0.25) is 5.91 Å². The van der Waals surface area contributed by atoms with Gasteiger partial charge in [-0.3, -0.25) is 19.1 Å². The third kappa shape index (κ3) is 8.66. The molecule has 62 heavy (non-hydrogen) atoms. The number of aromatic nitrogens is 4. The Bertz CT molecular complexity index is 2520. The van der Waals surface area contributed by atoms with E-state index in [4.69, 9.17) is 10.1 Å². The molecule has 0 aliphatic carbocycles. The highest BCUT2D eigenvalue weighted by Crippen LogP contribution is 2.40. The van der Waals surface area contributed by atoms with Crippen molar-refractivity contribution < 1.29 is 36.8 Å². The number of rotatable bonds is 15. The van der Waals surface area contributed by atoms with E-state index in [1.165, 1.54) is 32.0 Å². The van der Waals surface area contributed by atoms with E-state index in [9.17, 15) is 27.6 Å². The molecule has 1 aliphatic heterocycles. The SMILES string of the molecule is CC1(C)C(=O)N(c2cnc(C#N)c(C(F)(F)F)c2)C(=O)N1Cc1ccc(-c2cn(CCCCCC(=O)NOC(c3ccccc3)(c3ccccc3)c3ccccc3)nn2)cc1F. The van der Waals surface area contributed by atoms with E-state index in [0.29, 0.717) is 48.0 Å². The van der Waals surface area contributed by atoms with Crippen LogP contribution in [0.3, 0.4) is 0 Å². The van der Waals surface area contributed by atoms with Gasteiger partial charge in [0, 0.05) is 24.1 Å². The van der Waals surface area contributed by atoms with Crippen LogP contribution < -0.4 is 10.4 Å². The van der Waals surface area contributed by atoms with Crippen molar-refractivity contribution in [1.29, 1.82) is 5.26 Å². The Labute approximate surface area is 354 Å². The fourth-order valence-corrected chi connectivity index (χ4v) is 7.37. The quantitative estimate of drug-likeness (QED) is 0.0355. The highest BCUT2D eigenvalue weighted by atomic mass is 19.4. The number of carbonyl (C=O) groups is 3. The van der Waals surface area contributed by atoms with E-state index >= 15 is 4.39 Å². The molecule has 12 nitrogen and oxygen atoms in total. The first-order valence-electron chi connectivity index (χ1n) is 19.7. The first-order valence-corrected chi connectivity index (χ1v) is 19.7. The number of hydroxylamine groups is 1. The molecule has 0 saturated carbocycles. The van der Waals surface area contributed by atoms with Crippen LogP contribution >= 0.6 is 0 Å². The number of benzene rings is 4. The summed E-state index contributed by atoms with van der Waals surface area (Å²) in [6.07, 6.45) is -0.280. The Hall–Kier alpha value is -7.25. The van der Waals surface area contributed by atoms with Crippen LogP contribution in [0, 0.1) is 17.1 Å². The van der Waals surface area contributed by atoms with Crippen LogP contribution in [0.4, 0.5) is 28.0 Å². The van der Waals surface area contributed by atoms with Crippen molar-refractivity contribution in [2.45, 2.75) is 69.9 Å². The van der Waals surface area contributed by atoms with E-state index in [-0.39, 0.29) is 24.4 Å². The largest absolute Gasteiger partial charge is 0.419 e. The Morgan fingerprint density at radius 2 is 1.47 bits per heavy atom. The number of pyridine rings is 1. The van der Waals surface area contributed by atoms with Crippen molar-refractivity contribution in [2.75, 3.05) is 4.90 Å². The number of hydrogen-bond donors (Lipinski definition) is 1. The zero-order chi connectivity index (χ0) is 44.1. The third-order valence-electron chi connectivity index (χ3n) is 10.7. The van der Waals surface area contributed by atoms with Crippen molar-refractivity contribution in [1.82, 2.24) is 30.4 Å². The molecule has 0 spiro atoms. The van der Waals surface area contributed by atoms with Gasteiger partial charge in [0.05, 0.1) is 30.2 Å². The minimum atomic E-state index is -4.97. The number of amides is 4. The number of aryl methyl sites for hydroxylation is 1. The summed E-state index contributed by atoms with van der Waals surface area (Å²) in [6.45, 7) is 2.91. The molecular weight excluding hydrogens is 805 g/mol. The molecular formula is C46H40F4N8O4. The summed E-state index contributed by atoms with van der Waals surface area (Å²) in [6, 6.07) is 34.3. The predicted octanol–water partition coefficient (Wildman–Crippen LogP) is 8.72. The maximum Gasteiger partial charge on any atom is 0.419 e. The molecule has 1 saturated heterocycles. The highest BCUT2D eigenvalue weighted by Gasteiger charge is 2.52. The fourth-order valence-electron chi connectivity index (χ4n) is 7.37. The molecule has 316 valence electrons. The van der Waals surface area contributed by atoms with Crippen LogP contribution in [0.25, 0.3) is 11.3 Å². The summed E-state index contributed by atoms with van der Waals surface area (Å²) in [5.74, 6) is -1.82. The average molecular weight is 845 g/mol. The van der Waals surface area contributed by atoms with Gasteiger partial charge in [0.25, 0.3) is 5.91 Å². The van der Waals surface area contributed by atoms with E-state index in [0.717, 1.165) is 27.8 Å². The summed E-state index contributed by atoms with van der Waals surface area (Å²) in [7, 11) is 0. The number of urea groups is 1. The maximum absolute atomic E-state index is 15.6. The van der Waals surface area contributed by atoms with Crippen LogP contribution in [0.2, 0.25) is 0 Å². The molecule has 1 fully saturated rings. The number of nitriles is 1. The lowest BCUT2D eigenvalue weighted by Crippen LogP contribution is -2.43. The Kier molecular flexibility index (Phi) is 12.3. The van der Waals surface area contributed by atoms with Gasteiger partial charge in [-0.25, -0.2) is 24.5 Å². The zero-order valence-corrected chi connectivity index (χ0v) is 33.6. The van der Waals surface area contributed by atoms with Crippen LogP contribution in [-0.2, 0) is 39.3 Å². The van der Waals surface area contributed by atoms with Gasteiger partial charge in [-0.05, 0) is 55.5 Å². The number of anilines is 1. The number of unbranched alkanes of at least 4 members (excludes halogenated alkanes) is 2. The highest BCUT2D eigenvalue weighted by molar-refractivity contribution is 6.22. The van der Waals surface area contributed by atoms with Crippen molar-refractivity contribution in [3.8, 4) is 17.3 Å². The van der Waals surface area contributed by atoms with Gasteiger partial charge in [-0.2, -0.15) is 18.4 Å². The van der Waals surface area contributed by atoms with Crippen LogP contribution in [0.5, 0.6) is 0 Å². The lowest BCUT2D eigenvalue weighted by Gasteiger charge is -2.35. The number of alkyl halides is 3. The number of nitrogens with one attached hydrogen (secondary N) is 1. The van der Waals surface area contributed by atoms with Crippen molar-refractivity contribution >= 4 is 23.5 Å². The summed E-state index contributed by atoms with van der Waals surface area (Å²) in [5, 5.41) is 17.4. The van der Waals surface area contributed by atoms with Crippen LogP contribution in [0.1, 0.15) is 73.0 Å². The maximum atomic E-state index is 15.6. The molecule has 4 aromatic carbocycles. The van der Waals surface area contributed by atoms with Crippen molar-refractivity contribution in [2.24, 2.45) is 0 Å². The summed E-state index contributed by atoms with van der Waals surface area (Å²) < 4.78 is 58.1. The lowest BCUT2D eigenvalue weighted by atomic mass is 9.80. The van der Waals surface area contributed by atoms with Gasteiger partial charge in [0.1, 0.15) is 23.1 Å². The van der Waals surface area contributed by atoms with Crippen LogP contribution in [-0.4, -0.2) is 48.3 Å². The monoisotopic (exact) mass is 844 g/mol. The second-order valence-corrected chi connectivity index (χ2v) is 15.2. The molecule has 0 radical (unpaired) electrons.